The molecule has 0 saturated heterocycles. The second-order valence-electron chi connectivity index (χ2n) is 9.86. The van der Waals surface area contributed by atoms with Crippen LogP contribution >= 0.6 is 11.3 Å². The SMILES string of the molecule is O=C1C[C@H](c2cccs2)CC2=C1[C@@H](c1ccc(-c3ccccc3)cc1)c1c([nH]n(-c3ccccc3)c1=O)N2. The number of hydrogen-bond donors (Lipinski definition) is 2. The largest absolute Gasteiger partial charge is 0.343 e. The van der Waals surface area contributed by atoms with E-state index in [4.69, 9.17) is 0 Å². The molecule has 3 aromatic carbocycles. The third kappa shape index (κ3) is 3.76. The van der Waals surface area contributed by atoms with Crippen LogP contribution < -0.4 is 10.9 Å². The van der Waals surface area contributed by atoms with Crippen LogP contribution in [0.25, 0.3) is 16.8 Å². The summed E-state index contributed by atoms with van der Waals surface area (Å²) in [6.07, 6.45) is 1.18. The highest BCUT2D eigenvalue weighted by Crippen LogP contribution is 2.47. The summed E-state index contributed by atoms with van der Waals surface area (Å²) in [5.41, 5.74) is 6.00. The first-order valence-electron chi connectivity index (χ1n) is 12.8. The Morgan fingerprint density at radius 1 is 0.763 bits per heavy atom. The Morgan fingerprint density at radius 3 is 2.18 bits per heavy atom. The van der Waals surface area contributed by atoms with Crippen molar-refractivity contribution < 1.29 is 4.79 Å². The van der Waals surface area contributed by atoms with Gasteiger partial charge in [0, 0.05) is 34.4 Å². The van der Waals surface area contributed by atoms with Gasteiger partial charge in [0.1, 0.15) is 5.82 Å². The Kier molecular flexibility index (Phi) is 5.48. The molecule has 2 N–H and O–H groups in total. The fraction of sp³-hybridized carbons (Fsp3) is 0.125. The second kappa shape index (κ2) is 9.15. The summed E-state index contributed by atoms with van der Waals surface area (Å²) < 4.78 is 1.57. The van der Waals surface area contributed by atoms with Gasteiger partial charge in [0.2, 0.25) is 0 Å². The van der Waals surface area contributed by atoms with Crippen LogP contribution in [0.3, 0.4) is 0 Å². The number of hydrogen-bond acceptors (Lipinski definition) is 4. The predicted octanol–water partition coefficient (Wildman–Crippen LogP) is 6.85. The molecular weight excluding hydrogens is 490 g/mol. The van der Waals surface area contributed by atoms with E-state index in [-0.39, 0.29) is 17.3 Å². The summed E-state index contributed by atoms with van der Waals surface area (Å²) >= 11 is 1.69. The zero-order valence-corrected chi connectivity index (χ0v) is 21.4. The lowest BCUT2D eigenvalue weighted by Crippen LogP contribution is -2.31. The zero-order chi connectivity index (χ0) is 25.6. The molecule has 1 aliphatic carbocycles. The third-order valence-electron chi connectivity index (χ3n) is 7.60. The van der Waals surface area contributed by atoms with Crippen molar-refractivity contribution in [3.8, 4) is 16.8 Å². The number of carbonyl (C=O) groups is 1. The van der Waals surface area contributed by atoms with E-state index in [1.54, 1.807) is 16.0 Å². The molecule has 0 radical (unpaired) electrons. The summed E-state index contributed by atoms with van der Waals surface area (Å²) in [6, 6.07) is 32.2. The molecule has 38 heavy (non-hydrogen) atoms. The summed E-state index contributed by atoms with van der Waals surface area (Å²) in [7, 11) is 0. The van der Waals surface area contributed by atoms with Gasteiger partial charge >= 0.3 is 0 Å². The molecule has 1 aliphatic heterocycles. The molecule has 7 rings (SSSR count). The Bertz CT molecular complexity index is 1710. The number of nitrogens with one attached hydrogen (secondary N) is 2. The number of rotatable bonds is 4. The first-order valence-corrected chi connectivity index (χ1v) is 13.7. The number of carbonyl (C=O) groups excluding carboxylic acids is 1. The molecule has 5 aromatic rings. The first kappa shape index (κ1) is 22.8. The topological polar surface area (TPSA) is 66.9 Å². The number of allylic oxidation sites excluding steroid dienone is 2. The van der Waals surface area contributed by atoms with Gasteiger partial charge in [0.25, 0.3) is 5.56 Å². The molecule has 0 bridgehead atoms. The van der Waals surface area contributed by atoms with E-state index in [1.807, 2.05) is 54.6 Å². The molecule has 0 spiro atoms. The molecule has 3 heterocycles. The Labute approximate surface area is 224 Å². The normalized spacial score (nSPS) is 18.6. The van der Waals surface area contributed by atoms with E-state index >= 15 is 0 Å². The fourth-order valence-electron chi connectivity index (χ4n) is 5.81. The van der Waals surface area contributed by atoms with Gasteiger partial charge in [0.15, 0.2) is 5.78 Å². The third-order valence-corrected chi connectivity index (χ3v) is 8.63. The molecule has 6 heteroatoms. The number of H-pyrrole nitrogens is 1. The van der Waals surface area contributed by atoms with Crippen molar-refractivity contribution in [3.63, 3.8) is 0 Å². The van der Waals surface area contributed by atoms with Crippen molar-refractivity contribution in [2.75, 3.05) is 5.32 Å². The highest BCUT2D eigenvalue weighted by atomic mass is 32.1. The highest BCUT2D eigenvalue weighted by molar-refractivity contribution is 7.10. The summed E-state index contributed by atoms with van der Waals surface area (Å²) in [5.74, 6) is 0.470. The molecule has 0 saturated carbocycles. The van der Waals surface area contributed by atoms with Crippen LogP contribution in [-0.2, 0) is 4.79 Å². The van der Waals surface area contributed by atoms with E-state index in [2.05, 4.69) is 58.3 Å². The number of nitrogens with zero attached hydrogens (tertiary/aromatic N) is 1. The standard InChI is InChI=1S/C32H25N3O2S/c36-26-19-23(27-12-7-17-38-27)18-25-29(26)28(22-15-13-21(14-16-22)20-8-3-1-4-9-20)30-31(33-25)34-35(32(30)37)24-10-5-2-6-11-24/h1-17,23,28,33-34H,18-19H2/t23-,28-/m1/s1. The van der Waals surface area contributed by atoms with Crippen LogP contribution in [0, 0.1) is 0 Å². The number of aromatic amines is 1. The molecule has 5 nitrogen and oxygen atoms in total. The van der Waals surface area contributed by atoms with Gasteiger partial charge in [-0.05, 0) is 46.7 Å². The number of para-hydroxylation sites is 1. The van der Waals surface area contributed by atoms with Crippen LogP contribution in [0.5, 0.6) is 0 Å². The van der Waals surface area contributed by atoms with E-state index in [1.165, 1.54) is 4.88 Å². The van der Waals surface area contributed by atoms with Crippen LogP contribution in [0.15, 0.2) is 119 Å². The molecular formula is C32H25N3O2S. The van der Waals surface area contributed by atoms with Gasteiger partial charge in [-0.2, -0.15) is 0 Å². The van der Waals surface area contributed by atoms with Crippen molar-refractivity contribution >= 4 is 22.9 Å². The summed E-state index contributed by atoms with van der Waals surface area (Å²) in [4.78, 5) is 28.9. The Balaban J connectivity index is 1.37. The van der Waals surface area contributed by atoms with E-state index in [9.17, 15) is 9.59 Å². The smallest absolute Gasteiger partial charge is 0.277 e. The molecule has 2 aliphatic rings. The minimum Gasteiger partial charge on any atom is -0.343 e. The van der Waals surface area contributed by atoms with Crippen molar-refractivity contribution in [2.45, 2.75) is 24.7 Å². The maximum absolute atomic E-state index is 13.9. The Hall–Kier alpha value is -4.42. The number of benzene rings is 3. The molecule has 186 valence electrons. The highest BCUT2D eigenvalue weighted by Gasteiger charge is 2.41. The van der Waals surface area contributed by atoms with Gasteiger partial charge in [-0.1, -0.05) is 78.9 Å². The van der Waals surface area contributed by atoms with E-state index in [0.717, 1.165) is 34.5 Å². The van der Waals surface area contributed by atoms with E-state index in [0.29, 0.717) is 23.4 Å². The minimum absolute atomic E-state index is 0.104. The molecule has 0 fully saturated rings. The van der Waals surface area contributed by atoms with Crippen LogP contribution in [-0.4, -0.2) is 15.6 Å². The average molecular weight is 516 g/mol. The summed E-state index contributed by atoms with van der Waals surface area (Å²) in [5, 5.41) is 8.84. The maximum Gasteiger partial charge on any atom is 0.277 e. The van der Waals surface area contributed by atoms with Gasteiger partial charge in [-0.15, -0.1) is 11.3 Å². The lowest BCUT2D eigenvalue weighted by molar-refractivity contribution is -0.116. The van der Waals surface area contributed by atoms with Gasteiger partial charge in [-0.25, -0.2) is 4.68 Å². The number of thiophene rings is 1. The number of Topliss-reactive ketones (excluding diaryl/α,β-unsaturated/α-hetero) is 1. The molecule has 0 amide bonds. The summed E-state index contributed by atoms with van der Waals surface area (Å²) in [6.45, 7) is 0. The van der Waals surface area contributed by atoms with Gasteiger partial charge in [-0.3, -0.25) is 14.7 Å². The number of aromatic nitrogens is 2. The van der Waals surface area contributed by atoms with Crippen molar-refractivity contribution in [2.24, 2.45) is 0 Å². The molecule has 0 unspecified atom stereocenters. The van der Waals surface area contributed by atoms with Crippen LogP contribution in [0.1, 0.15) is 40.7 Å². The maximum atomic E-state index is 13.9. The number of fused-ring (bicyclic) bond motifs is 1. The van der Waals surface area contributed by atoms with Gasteiger partial charge < -0.3 is 5.32 Å². The van der Waals surface area contributed by atoms with Crippen molar-refractivity contribution in [1.29, 1.82) is 0 Å². The van der Waals surface area contributed by atoms with Gasteiger partial charge in [0.05, 0.1) is 11.3 Å². The molecule has 2 aromatic heterocycles. The first-order chi connectivity index (χ1) is 18.7. The minimum atomic E-state index is -0.434. The van der Waals surface area contributed by atoms with Crippen molar-refractivity contribution in [3.05, 3.63) is 140 Å². The average Bonchev–Trinajstić information content (AvgIpc) is 3.62. The van der Waals surface area contributed by atoms with Crippen LogP contribution in [0.2, 0.25) is 0 Å². The zero-order valence-electron chi connectivity index (χ0n) is 20.6. The lowest BCUT2D eigenvalue weighted by atomic mass is 9.74. The second-order valence-corrected chi connectivity index (χ2v) is 10.8. The predicted molar refractivity (Wildman–Crippen MR) is 152 cm³/mol. The quantitative estimate of drug-likeness (QED) is 0.275. The molecule has 2 atom stereocenters. The fourth-order valence-corrected chi connectivity index (χ4v) is 6.64. The Morgan fingerprint density at radius 2 is 1.47 bits per heavy atom. The van der Waals surface area contributed by atoms with Crippen molar-refractivity contribution in [1.82, 2.24) is 9.78 Å². The van der Waals surface area contributed by atoms with E-state index < -0.39 is 5.92 Å². The number of ketones is 1. The lowest BCUT2D eigenvalue weighted by Gasteiger charge is -2.34. The number of anilines is 1. The monoisotopic (exact) mass is 515 g/mol. The van der Waals surface area contributed by atoms with Crippen LogP contribution in [0.4, 0.5) is 5.82 Å².